The number of hydrogen-bond acceptors (Lipinski definition) is 1. The third kappa shape index (κ3) is 2.96. The van der Waals surface area contributed by atoms with Crippen LogP contribution in [0.1, 0.15) is 43.0 Å². The zero-order chi connectivity index (χ0) is 17.0. The Morgan fingerprint density at radius 1 is 1.04 bits per heavy atom. The van der Waals surface area contributed by atoms with E-state index in [9.17, 15) is 5.11 Å². The van der Waals surface area contributed by atoms with Gasteiger partial charge in [-0.1, -0.05) is 73.7 Å². The van der Waals surface area contributed by atoms with Gasteiger partial charge in [0, 0.05) is 34.1 Å². The van der Waals surface area contributed by atoms with Gasteiger partial charge in [-0.25, -0.2) is 0 Å². The Hall–Kier alpha value is -2.50. The maximum Gasteiger partial charge on any atom is 0.179 e. The molecule has 0 saturated carbocycles. The van der Waals surface area contributed by atoms with Gasteiger partial charge in [0.15, 0.2) is 5.60 Å². The first-order valence-corrected chi connectivity index (χ1v) is 8.52. The van der Waals surface area contributed by atoms with E-state index in [-0.39, 0.29) is 0 Å². The number of aromatic nitrogens is 1. The molecule has 1 heterocycles. The second kappa shape index (κ2) is 6.95. The summed E-state index contributed by atoms with van der Waals surface area (Å²) in [6.45, 7) is 4.14. The Bertz CT molecular complexity index is 882. The Labute approximate surface area is 143 Å². The maximum absolute atomic E-state index is 11.6. The molecule has 0 bridgehead atoms. The molecule has 1 atom stereocenters. The molecule has 0 aliphatic rings. The minimum atomic E-state index is -1.31. The standard InChI is InChI=1S/C22H23NO/c1-3-4-5-11-16-22(24,18-12-7-6-8-13-18)21-17(2)23-20-15-10-9-14-19(20)21/h6-10,12-15,23-24H,3-5H2,1-2H3. The van der Waals surface area contributed by atoms with E-state index in [1.165, 1.54) is 0 Å². The van der Waals surface area contributed by atoms with Crippen LogP contribution in [0.15, 0.2) is 54.6 Å². The van der Waals surface area contributed by atoms with Crippen LogP contribution in [0, 0.1) is 18.8 Å². The van der Waals surface area contributed by atoms with Crippen molar-refractivity contribution in [1.29, 1.82) is 0 Å². The van der Waals surface area contributed by atoms with Crippen molar-refractivity contribution in [2.24, 2.45) is 0 Å². The van der Waals surface area contributed by atoms with E-state index in [0.717, 1.165) is 47.0 Å². The van der Waals surface area contributed by atoms with Gasteiger partial charge in [-0.15, -0.1) is 0 Å². The molecular formula is C22H23NO. The quantitative estimate of drug-likeness (QED) is 0.521. The number of benzene rings is 2. The molecule has 0 saturated heterocycles. The third-order valence-electron chi connectivity index (χ3n) is 4.37. The van der Waals surface area contributed by atoms with Gasteiger partial charge < -0.3 is 10.1 Å². The lowest BCUT2D eigenvalue weighted by atomic mass is 9.85. The minimum absolute atomic E-state index is 0.799. The number of aliphatic hydroxyl groups is 1. The van der Waals surface area contributed by atoms with E-state index in [4.69, 9.17) is 0 Å². The molecule has 3 rings (SSSR count). The topological polar surface area (TPSA) is 36.0 Å². The summed E-state index contributed by atoms with van der Waals surface area (Å²) in [5, 5.41) is 12.6. The highest BCUT2D eigenvalue weighted by Gasteiger charge is 2.33. The van der Waals surface area contributed by atoms with Crippen LogP contribution < -0.4 is 0 Å². The lowest BCUT2D eigenvalue weighted by molar-refractivity contribution is 0.146. The Kier molecular flexibility index (Phi) is 4.74. The number of unbranched alkanes of at least 4 members (excludes halogenated alkanes) is 2. The molecule has 1 aromatic heterocycles. The maximum atomic E-state index is 11.6. The number of aromatic amines is 1. The molecule has 24 heavy (non-hydrogen) atoms. The zero-order valence-electron chi connectivity index (χ0n) is 14.3. The minimum Gasteiger partial charge on any atom is -0.369 e. The average molecular weight is 317 g/mol. The number of nitrogens with one attached hydrogen (secondary N) is 1. The highest BCUT2D eigenvalue weighted by molar-refractivity contribution is 5.86. The van der Waals surface area contributed by atoms with Crippen molar-refractivity contribution in [3.63, 3.8) is 0 Å². The second-order valence-corrected chi connectivity index (χ2v) is 6.15. The van der Waals surface area contributed by atoms with Crippen molar-refractivity contribution in [2.75, 3.05) is 0 Å². The predicted octanol–water partition coefficient (Wildman–Crippen LogP) is 4.91. The molecule has 0 amide bonds. The Morgan fingerprint density at radius 3 is 2.50 bits per heavy atom. The fourth-order valence-electron chi connectivity index (χ4n) is 3.16. The van der Waals surface area contributed by atoms with Crippen LogP contribution in [0.4, 0.5) is 0 Å². The van der Waals surface area contributed by atoms with Crippen LogP contribution in [-0.4, -0.2) is 10.1 Å². The molecule has 2 aromatic carbocycles. The van der Waals surface area contributed by atoms with Gasteiger partial charge in [-0.05, 0) is 19.4 Å². The molecule has 0 fully saturated rings. The van der Waals surface area contributed by atoms with Crippen LogP contribution in [0.5, 0.6) is 0 Å². The highest BCUT2D eigenvalue weighted by atomic mass is 16.3. The van der Waals surface area contributed by atoms with E-state index in [0.29, 0.717) is 0 Å². The molecule has 3 aromatic rings. The van der Waals surface area contributed by atoms with Crippen molar-refractivity contribution in [3.05, 3.63) is 71.4 Å². The first kappa shape index (κ1) is 16.4. The number of para-hydroxylation sites is 1. The van der Waals surface area contributed by atoms with Crippen molar-refractivity contribution < 1.29 is 5.11 Å². The summed E-state index contributed by atoms with van der Waals surface area (Å²) in [6.07, 6.45) is 2.95. The van der Waals surface area contributed by atoms with Gasteiger partial charge in [0.25, 0.3) is 0 Å². The summed E-state index contributed by atoms with van der Waals surface area (Å²) >= 11 is 0. The number of hydrogen-bond donors (Lipinski definition) is 2. The fourth-order valence-corrected chi connectivity index (χ4v) is 3.16. The number of H-pyrrole nitrogens is 1. The van der Waals surface area contributed by atoms with E-state index in [1.54, 1.807) is 0 Å². The molecule has 2 heteroatoms. The summed E-state index contributed by atoms with van der Waals surface area (Å²) < 4.78 is 0. The van der Waals surface area contributed by atoms with Crippen molar-refractivity contribution >= 4 is 10.9 Å². The Morgan fingerprint density at radius 2 is 1.75 bits per heavy atom. The van der Waals surface area contributed by atoms with Gasteiger partial charge in [0.2, 0.25) is 0 Å². The highest BCUT2D eigenvalue weighted by Crippen LogP contribution is 2.36. The summed E-state index contributed by atoms with van der Waals surface area (Å²) in [5.74, 6) is 6.36. The van der Waals surface area contributed by atoms with Crippen LogP contribution in [0.3, 0.4) is 0 Å². The Balaban J connectivity index is 2.20. The first-order valence-electron chi connectivity index (χ1n) is 8.52. The normalized spacial score (nSPS) is 13.3. The molecule has 1 unspecified atom stereocenters. The third-order valence-corrected chi connectivity index (χ3v) is 4.37. The van der Waals surface area contributed by atoms with Gasteiger partial charge in [0.1, 0.15) is 0 Å². The lowest BCUT2D eigenvalue weighted by Gasteiger charge is -2.24. The van der Waals surface area contributed by atoms with Gasteiger partial charge in [0.05, 0.1) is 0 Å². The molecule has 2 nitrogen and oxygen atoms in total. The van der Waals surface area contributed by atoms with Gasteiger partial charge >= 0.3 is 0 Å². The van der Waals surface area contributed by atoms with E-state index >= 15 is 0 Å². The largest absolute Gasteiger partial charge is 0.369 e. The van der Waals surface area contributed by atoms with Gasteiger partial charge in [-0.3, -0.25) is 0 Å². The van der Waals surface area contributed by atoms with Gasteiger partial charge in [-0.2, -0.15) is 0 Å². The number of rotatable bonds is 4. The summed E-state index contributed by atoms with van der Waals surface area (Å²) in [5.41, 5.74) is 2.33. The fraction of sp³-hybridized carbons (Fsp3) is 0.273. The molecule has 0 radical (unpaired) electrons. The van der Waals surface area contributed by atoms with Crippen LogP contribution in [-0.2, 0) is 5.60 Å². The van der Waals surface area contributed by atoms with Crippen LogP contribution in [0.2, 0.25) is 0 Å². The molecule has 122 valence electrons. The molecule has 2 N–H and O–H groups in total. The molecule has 0 aliphatic carbocycles. The van der Waals surface area contributed by atoms with Crippen LogP contribution in [0.25, 0.3) is 10.9 Å². The number of fused-ring (bicyclic) bond motifs is 1. The predicted molar refractivity (Wildman–Crippen MR) is 99.8 cm³/mol. The molecule has 0 aliphatic heterocycles. The second-order valence-electron chi connectivity index (χ2n) is 6.15. The summed E-state index contributed by atoms with van der Waals surface area (Å²) in [6, 6.07) is 17.8. The van der Waals surface area contributed by atoms with E-state index in [2.05, 4.69) is 23.7 Å². The van der Waals surface area contributed by atoms with Crippen molar-refractivity contribution in [1.82, 2.24) is 4.98 Å². The lowest BCUT2D eigenvalue weighted by Crippen LogP contribution is -2.26. The average Bonchev–Trinajstić information content (AvgIpc) is 2.95. The first-order chi connectivity index (χ1) is 11.7. The smallest absolute Gasteiger partial charge is 0.179 e. The zero-order valence-corrected chi connectivity index (χ0v) is 14.3. The van der Waals surface area contributed by atoms with Crippen LogP contribution >= 0.6 is 0 Å². The number of aryl methyl sites for hydroxylation is 1. The summed E-state index contributed by atoms with van der Waals surface area (Å²) in [7, 11) is 0. The van der Waals surface area contributed by atoms with E-state index < -0.39 is 5.60 Å². The molecule has 0 spiro atoms. The molecular weight excluding hydrogens is 294 g/mol. The monoisotopic (exact) mass is 317 g/mol. The van der Waals surface area contributed by atoms with E-state index in [1.807, 2.05) is 61.5 Å². The SMILES string of the molecule is CCCCC#CC(O)(c1ccccc1)c1c(C)[nH]c2ccccc12. The van der Waals surface area contributed by atoms with Crippen molar-refractivity contribution in [2.45, 2.75) is 38.7 Å². The van der Waals surface area contributed by atoms with Crippen molar-refractivity contribution in [3.8, 4) is 11.8 Å². The summed E-state index contributed by atoms with van der Waals surface area (Å²) in [4.78, 5) is 3.38.